The Morgan fingerprint density at radius 2 is 1.83 bits per heavy atom. The molecule has 3 rings (SSSR count). The fraction of sp³-hybridized carbons (Fsp3) is 0.421. The average molecular weight is 415 g/mol. The minimum absolute atomic E-state index is 0.0548. The lowest BCUT2D eigenvalue weighted by Gasteiger charge is -2.26. The van der Waals surface area contributed by atoms with Gasteiger partial charge in [-0.1, -0.05) is 18.2 Å². The minimum Gasteiger partial charge on any atom is -0.478 e. The standard InChI is InChI=1S/C19H17F4NO5/c20-18(21)19(22,23)8-29-17(28)14-10-5-4-9(6-10)13(14)15(25)24-12-3-1-2-11(7-12)16(26)27/h1-5,7,9-10,13-14,18H,6,8H2,(H,24,25)(H,26,27)/t9-,10-,13-,14+/m0/s1. The summed E-state index contributed by atoms with van der Waals surface area (Å²) in [5.41, 5.74) is 0.138. The van der Waals surface area contributed by atoms with Crippen molar-refractivity contribution >= 4 is 23.5 Å². The van der Waals surface area contributed by atoms with Gasteiger partial charge < -0.3 is 15.2 Å². The highest BCUT2D eigenvalue weighted by molar-refractivity contribution is 5.98. The van der Waals surface area contributed by atoms with E-state index in [9.17, 15) is 31.9 Å². The second kappa shape index (κ2) is 7.84. The largest absolute Gasteiger partial charge is 0.478 e. The van der Waals surface area contributed by atoms with Gasteiger partial charge in [0.2, 0.25) is 5.91 Å². The number of allylic oxidation sites excluding steroid dienone is 2. The third-order valence-electron chi connectivity index (χ3n) is 5.14. The number of carboxylic acids is 1. The average Bonchev–Trinajstić information content (AvgIpc) is 3.27. The van der Waals surface area contributed by atoms with Gasteiger partial charge in [-0.3, -0.25) is 9.59 Å². The van der Waals surface area contributed by atoms with Crippen LogP contribution in [0.15, 0.2) is 36.4 Å². The third kappa shape index (κ3) is 4.25. The summed E-state index contributed by atoms with van der Waals surface area (Å²) in [6.45, 7) is -1.77. The summed E-state index contributed by atoms with van der Waals surface area (Å²) in [6, 6.07) is 5.46. The van der Waals surface area contributed by atoms with E-state index >= 15 is 0 Å². The number of esters is 1. The molecule has 2 aliphatic rings. The first-order chi connectivity index (χ1) is 13.6. The van der Waals surface area contributed by atoms with Gasteiger partial charge in [0.05, 0.1) is 17.4 Å². The topological polar surface area (TPSA) is 92.7 Å². The molecule has 156 valence electrons. The molecule has 0 heterocycles. The Morgan fingerprint density at radius 3 is 2.45 bits per heavy atom. The highest BCUT2D eigenvalue weighted by Crippen LogP contribution is 2.49. The summed E-state index contributed by atoms with van der Waals surface area (Å²) in [5, 5.41) is 11.5. The molecule has 1 amide bonds. The molecule has 0 saturated heterocycles. The lowest BCUT2D eigenvalue weighted by Crippen LogP contribution is -2.40. The zero-order valence-corrected chi connectivity index (χ0v) is 14.9. The maximum Gasteiger partial charge on any atom is 0.340 e. The van der Waals surface area contributed by atoms with E-state index in [0.717, 1.165) is 0 Å². The first-order valence-corrected chi connectivity index (χ1v) is 8.75. The molecule has 2 bridgehead atoms. The van der Waals surface area contributed by atoms with Crippen LogP contribution in [0.5, 0.6) is 0 Å². The van der Waals surface area contributed by atoms with Gasteiger partial charge in [-0.15, -0.1) is 0 Å². The van der Waals surface area contributed by atoms with Gasteiger partial charge in [-0.25, -0.2) is 13.6 Å². The van der Waals surface area contributed by atoms with E-state index in [2.05, 4.69) is 10.1 Å². The van der Waals surface area contributed by atoms with Crippen LogP contribution in [0.2, 0.25) is 0 Å². The van der Waals surface area contributed by atoms with Gasteiger partial charge in [-0.2, -0.15) is 8.78 Å². The lowest BCUT2D eigenvalue weighted by molar-refractivity contribution is -0.184. The SMILES string of the molecule is O=C(O)c1cccc(NC(=O)[C@@H]2[C@H](C(=O)OCC(F)(F)C(F)F)[C@H]3C=C[C@H]2C3)c1. The predicted molar refractivity (Wildman–Crippen MR) is 91.7 cm³/mol. The number of carboxylic acid groups (broad SMARTS) is 1. The molecule has 0 unspecified atom stereocenters. The number of hydrogen-bond acceptors (Lipinski definition) is 4. The number of carbonyl (C=O) groups is 3. The Bertz CT molecular complexity index is 857. The number of amides is 1. The number of nitrogens with one attached hydrogen (secondary N) is 1. The van der Waals surface area contributed by atoms with Crippen LogP contribution >= 0.6 is 0 Å². The van der Waals surface area contributed by atoms with E-state index in [4.69, 9.17) is 5.11 Å². The number of fused-ring (bicyclic) bond motifs is 2. The van der Waals surface area contributed by atoms with Crippen molar-refractivity contribution in [2.24, 2.45) is 23.7 Å². The number of carbonyl (C=O) groups excluding carboxylic acids is 2. The van der Waals surface area contributed by atoms with E-state index in [0.29, 0.717) is 6.42 Å². The number of alkyl halides is 4. The number of halogens is 4. The van der Waals surface area contributed by atoms with E-state index in [1.807, 2.05) is 0 Å². The molecule has 1 aromatic carbocycles. The minimum atomic E-state index is -4.47. The van der Waals surface area contributed by atoms with Crippen LogP contribution in [0.1, 0.15) is 16.8 Å². The van der Waals surface area contributed by atoms with Crippen molar-refractivity contribution in [2.75, 3.05) is 11.9 Å². The van der Waals surface area contributed by atoms with Crippen LogP contribution in [0.3, 0.4) is 0 Å². The Kier molecular flexibility index (Phi) is 5.63. The maximum absolute atomic E-state index is 13.1. The normalized spacial score (nSPS) is 25.3. The van der Waals surface area contributed by atoms with E-state index in [1.54, 1.807) is 12.2 Å². The highest BCUT2D eigenvalue weighted by atomic mass is 19.3. The molecule has 0 radical (unpaired) electrons. The Hall–Kier alpha value is -2.91. The van der Waals surface area contributed by atoms with E-state index in [1.165, 1.54) is 24.3 Å². The molecule has 0 aliphatic heterocycles. The first-order valence-electron chi connectivity index (χ1n) is 8.75. The Morgan fingerprint density at radius 1 is 1.17 bits per heavy atom. The fourth-order valence-electron chi connectivity index (χ4n) is 3.78. The molecular formula is C19H17F4NO5. The van der Waals surface area contributed by atoms with Crippen molar-refractivity contribution < 1.29 is 41.8 Å². The first kappa shape index (κ1) is 20.8. The van der Waals surface area contributed by atoms with Gasteiger partial charge >= 0.3 is 24.3 Å². The van der Waals surface area contributed by atoms with Gasteiger partial charge in [-0.05, 0) is 36.5 Å². The van der Waals surface area contributed by atoms with E-state index < -0.39 is 54.6 Å². The van der Waals surface area contributed by atoms with Crippen molar-refractivity contribution in [1.29, 1.82) is 0 Å². The van der Waals surface area contributed by atoms with Gasteiger partial charge in [0, 0.05) is 5.69 Å². The Labute approximate surface area is 162 Å². The van der Waals surface area contributed by atoms with Gasteiger partial charge in [0.15, 0.2) is 6.61 Å². The zero-order chi connectivity index (χ0) is 21.3. The Balaban J connectivity index is 1.72. The van der Waals surface area contributed by atoms with Crippen LogP contribution in [0.25, 0.3) is 0 Å². The number of ether oxygens (including phenoxy) is 1. The molecule has 4 atom stereocenters. The van der Waals surface area contributed by atoms with Crippen LogP contribution in [-0.2, 0) is 14.3 Å². The van der Waals surface area contributed by atoms with Gasteiger partial charge in [0.25, 0.3) is 0 Å². The molecule has 1 saturated carbocycles. The fourth-order valence-corrected chi connectivity index (χ4v) is 3.78. The monoisotopic (exact) mass is 415 g/mol. The zero-order valence-electron chi connectivity index (χ0n) is 14.9. The molecule has 2 N–H and O–H groups in total. The summed E-state index contributed by atoms with van der Waals surface area (Å²) < 4.78 is 55.1. The molecule has 1 fully saturated rings. The molecular weight excluding hydrogens is 398 g/mol. The molecule has 10 heteroatoms. The smallest absolute Gasteiger partial charge is 0.340 e. The van der Waals surface area contributed by atoms with Crippen molar-refractivity contribution in [2.45, 2.75) is 18.8 Å². The van der Waals surface area contributed by atoms with Crippen LogP contribution in [-0.4, -0.2) is 41.9 Å². The molecule has 1 aromatic rings. The van der Waals surface area contributed by atoms with Gasteiger partial charge in [0.1, 0.15) is 0 Å². The quantitative estimate of drug-likeness (QED) is 0.405. The number of hydrogen-bond donors (Lipinski definition) is 2. The van der Waals surface area contributed by atoms with Crippen molar-refractivity contribution in [3.63, 3.8) is 0 Å². The third-order valence-corrected chi connectivity index (χ3v) is 5.14. The second-order valence-corrected chi connectivity index (χ2v) is 7.04. The number of rotatable bonds is 7. The second-order valence-electron chi connectivity index (χ2n) is 7.04. The number of anilines is 1. The summed E-state index contributed by atoms with van der Waals surface area (Å²) in [4.78, 5) is 36.1. The van der Waals surface area contributed by atoms with Crippen molar-refractivity contribution in [1.82, 2.24) is 0 Å². The lowest BCUT2D eigenvalue weighted by atomic mass is 9.82. The summed E-state index contributed by atoms with van der Waals surface area (Å²) >= 11 is 0. The van der Waals surface area contributed by atoms with Crippen molar-refractivity contribution in [3.8, 4) is 0 Å². The number of aromatic carboxylic acids is 1. The van der Waals surface area contributed by atoms with Crippen LogP contribution in [0, 0.1) is 23.7 Å². The predicted octanol–water partition coefficient (Wildman–Crippen LogP) is 3.21. The molecule has 2 aliphatic carbocycles. The molecule has 0 spiro atoms. The van der Waals surface area contributed by atoms with Crippen LogP contribution in [0.4, 0.5) is 23.2 Å². The van der Waals surface area contributed by atoms with E-state index in [-0.39, 0.29) is 17.2 Å². The van der Waals surface area contributed by atoms with Crippen LogP contribution < -0.4 is 5.32 Å². The molecule has 0 aromatic heterocycles. The number of benzene rings is 1. The molecule has 6 nitrogen and oxygen atoms in total. The molecule has 29 heavy (non-hydrogen) atoms. The summed E-state index contributed by atoms with van der Waals surface area (Å²) in [7, 11) is 0. The summed E-state index contributed by atoms with van der Waals surface area (Å²) in [6.07, 6.45) is -0.134. The summed E-state index contributed by atoms with van der Waals surface area (Å²) in [5.74, 6) is -10.2. The van der Waals surface area contributed by atoms with Crippen molar-refractivity contribution in [3.05, 3.63) is 42.0 Å². The maximum atomic E-state index is 13.1. The highest BCUT2D eigenvalue weighted by Gasteiger charge is 2.53.